The van der Waals surface area contributed by atoms with E-state index < -0.39 is 12.1 Å². The number of hydrogen-bond donors (Lipinski definition) is 2. The van der Waals surface area contributed by atoms with E-state index in [0.717, 1.165) is 16.7 Å². The first-order chi connectivity index (χ1) is 14.5. The number of rotatable bonds is 4. The van der Waals surface area contributed by atoms with Gasteiger partial charge in [0.1, 0.15) is 0 Å². The van der Waals surface area contributed by atoms with Crippen molar-refractivity contribution < 1.29 is 14.3 Å². The minimum atomic E-state index is -0.754. The fraction of sp³-hybridized carbons (Fsp3) is 0.125. The van der Waals surface area contributed by atoms with E-state index in [0.29, 0.717) is 10.6 Å². The van der Waals surface area contributed by atoms with Crippen LogP contribution in [0.4, 0.5) is 0 Å². The number of hydrazine groups is 1. The summed E-state index contributed by atoms with van der Waals surface area (Å²) >= 11 is 5.92. The second-order valence-electron chi connectivity index (χ2n) is 7.24. The quantitative estimate of drug-likeness (QED) is 0.635. The van der Waals surface area contributed by atoms with Crippen LogP contribution in [-0.4, -0.2) is 28.8 Å². The van der Waals surface area contributed by atoms with Gasteiger partial charge in [0, 0.05) is 21.7 Å². The molecule has 1 heterocycles. The van der Waals surface area contributed by atoms with Crippen molar-refractivity contribution in [2.45, 2.75) is 19.0 Å². The monoisotopic (exact) mass is 418 g/mol. The Labute approximate surface area is 180 Å². The van der Waals surface area contributed by atoms with Crippen LogP contribution in [0.25, 0.3) is 0 Å². The summed E-state index contributed by atoms with van der Waals surface area (Å²) in [5.74, 6) is -0.597. The molecule has 0 spiro atoms. The summed E-state index contributed by atoms with van der Waals surface area (Å²) in [4.78, 5) is 25.6. The number of benzene rings is 3. The summed E-state index contributed by atoms with van der Waals surface area (Å²) in [7, 11) is 0. The number of hydrazone groups is 1. The highest BCUT2D eigenvalue weighted by molar-refractivity contribution is 6.30. The van der Waals surface area contributed by atoms with E-state index in [1.165, 1.54) is 0 Å². The van der Waals surface area contributed by atoms with Crippen LogP contribution in [0.1, 0.15) is 33.1 Å². The zero-order chi connectivity index (χ0) is 21.1. The molecule has 0 aromatic heterocycles. The van der Waals surface area contributed by atoms with E-state index in [1.807, 2.05) is 67.7 Å². The normalized spacial score (nSPS) is 19.5. The van der Waals surface area contributed by atoms with Crippen molar-refractivity contribution in [3.63, 3.8) is 0 Å². The fourth-order valence-corrected chi connectivity index (χ4v) is 3.60. The van der Waals surface area contributed by atoms with Gasteiger partial charge in [-0.15, -0.1) is 10.1 Å². The average molecular weight is 419 g/mol. The second kappa shape index (κ2) is 8.51. The Hall–Kier alpha value is -3.44. The first-order valence-corrected chi connectivity index (χ1v) is 10.0. The number of carbonyl (C=O) groups excluding carboxylic acids is 2. The molecule has 0 radical (unpaired) electrons. The molecular formula is C24H21ClN3O2+. The highest BCUT2D eigenvalue weighted by Crippen LogP contribution is 2.26. The Morgan fingerprint density at radius 3 is 2.33 bits per heavy atom. The van der Waals surface area contributed by atoms with Gasteiger partial charge in [-0.2, -0.15) is 0 Å². The number of amides is 2. The number of nitrogens with one attached hydrogen (secondary N) is 2. The third-order valence-electron chi connectivity index (χ3n) is 5.04. The molecule has 30 heavy (non-hydrogen) atoms. The predicted molar refractivity (Wildman–Crippen MR) is 117 cm³/mol. The van der Waals surface area contributed by atoms with Crippen LogP contribution >= 0.6 is 11.6 Å². The lowest BCUT2D eigenvalue weighted by molar-refractivity contribution is -0.596. The van der Waals surface area contributed by atoms with Crippen molar-refractivity contribution in [3.05, 3.63) is 106 Å². The van der Waals surface area contributed by atoms with Crippen LogP contribution in [0.5, 0.6) is 0 Å². The van der Waals surface area contributed by atoms with Crippen LogP contribution in [0.15, 0.2) is 78.9 Å². The summed E-state index contributed by atoms with van der Waals surface area (Å²) in [5, 5.41) is 3.44. The van der Waals surface area contributed by atoms with Gasteiger partial charge in [-0.25, -0.2) is 0 Å². The Kier molecular flexibility index (Phi) is 5.63. The molecule has 1 aliphatic heterocycles. The molecule has 0 saturated carbocycles. The zero-order valence-electron chi connectivity index (χ0n) is 16.4. The standard InChI is InChI=1S/C24H20ClN3O2/c1-16-7-9-18(10-8-16)22-21(26-23(29)19-11-13-20(25)14-12-19)24(30)27-28(22)15-17-5-3-2-4-6-17/h2-15,21-22H,1H3,(H-,26,27,29,30)/p+1/b28-15-/t21-,22-/m0/s1. The fourth-order valence-electron chi connectivity index (χ4n) is 3.47. The Morgan fingerprint density at radius 2 is 1.67 bits per heavy atom. The molecule has 1 saturated heterocycles. The third-order valence-corrected chi connectivity index (χ3v) is 5.29. The van der Waals surface area contributed by atoms with Gasteiger partial charge < -0.3 is 5.32 Å². The highest BCUT2D eigenvalue weighted by atomic mass is 35.5. The van der Waals surface area contributed by atoms with Gasteiger partial charge in [-0.3, -0.25) is 9.59 Å². The van der Waals surface area contributed by atoms with Gasteiger partial charge in [0.25, 0.3) is 5.91 Å². The molecular weight excluding hydrogens is 398 g/mol. The lowest BCUT2D eigenvalue weighted by Crippen LogP contribution is -2.42. The topological polar surface area (TPSA) is 61.2 Å². The SMILES string of the molecule is Cc1ccc([C@H]2[C@H](NC(=O)c3ccc(Cl)cc3)C(=O)N/[N+]2=C\c2ccccc2)cc1. The van der Waals surface area contributed by atoms with Crippen molar-refractivity contribution in [3.8, 4) is 0 Å². The number of halogens is 1. The van der Waals surface area contributed by atoms with Crippen LogP contribution in [0, 0.1) is 6.92 Å². The zero-order valence-corrected chi connectivity index (χ0v) is 17.1. The van der Waals surface area contributed by atoms with E-state index in [-0.39, 0.29) is 11.8 Å². The number of aryl methyl sites for hydroxylation is 1. The Morgan fingerprint density at radius 1 is 1.00 bits per heavy atom. The van der Waals surface area contributed by atoms with Crippen molar-refractivity contribution in [2.24, 2.45) is 0 Å². The minimum Gasteiger partial charge on any atom is -0.334 e. The van der Waals surface area contributed by atoms with Gasteiger partial charge in [0.15, 0.2) is 6.04 Å². The van der Waals surface area contributed by atoms with Crippen LogP contribution < -0.4 is 10.7 Å². The maximum Gasteiger partial charge on any atom is 0.304 e. The van der Waals surface area contributed by atoms with Crippen LogP contribution in [-0.2, 0) is 4.79 Å². The smallest absolute Gasteiger partial charge is 0.304 e. The van der Waals surface area contributed by atoms with E-state index in [4.69, 9.17) is 11.6 Å². The first-order valence-electron chi connectivity index (χ1n) is 9.63. The molecule has 0 bridgehead atoms. The number of nitrogens with zero attached hydrogens (tertiary/aromatic N) is 1. The van der Waals surface area contributed by atoms with E-state index in [2.05, 4.69) is 10.7 Å². The van der Waals surface area contributed by atoms with Crippen molar-refractivity contribution in [1.29, 1.82) is 0 Å². The first kappa shape index (κ1) is 19.9. The van der Waals surface area contributed by atoms with E-state index >= 15 is 0 Å². The molecule has 150 valence electrons. The predicted octanol–water partition coefficient (Wildman–Crippen LogP) is 3.66. The summed E-state index contributed by atoms with van der Waals surface area (Å²) in [6, 6.07) is 23.1. The van der Waals surface area contributed by atoms with Gasteiger partial charge in [-0.1, -0.05) is 59.6 Å². The van der Waals surface area contributed by atoms with Gasteiger partial charge in [0.05, 0.1) is 0 Å². The van der Waals surface area contributed by atoms with E-state index in [1.54, 1.807) is 28.9 Å². The number of carbonyl (C=O) groups is 2. The molecule has 3 aromatic carbocycles. The highest BCUT2D eigenvalue weighted by Gasteiger charge is 2.47. The van der Waals surface area contributed by atoms with Gasteiger partial charge in [0.2, 0.25) is 12.3 Å². The molecule has 1 aliphatic rings. The van der Waals surface area contributed by atoms with E-state index in [9.17, 15) is 9.59 Å². The van der Waals surface area contributed by atoms with Gasteiger partial charge in [-0.05, 0) is 43.3 Å². The maximum absolute atomic E-state index is 12.8. The molecule has 0 unspecified atom stereocenters. The number of hydrogen-bond acceptors (Lipinski definition) is 2. The lowest BCUT2D eigenvalue weighted by Gasteiger charge is -2.15. The Balaban J connectivity index is 1.69. The minimum absolute atomic E-state index is 0.268. The summed E-state index contributed by atoms with van der Waals surface area (Å²) < 4.78 is 1.76. The third kappa shape index (κ3) is 4.26. The molecule has 6 heteroatoms. The van der Waals surface area contributed by atoms with Crippen molar-refractivity contribution in [2.75, 3.05) is 0 Å². The molecule has 4 rings (SSSR count). The molecule has 0 aliphatic carbocycles. The molecule has 2 atom stereocenters. The average Bonchev–Trinajstić information content (AvgIpc) is 3.04. The molecule has 2 amide bonds. The molecule has 1 fully saturated rings. The molecule has 5 nitrogen and oxygen atoms in total. The lowest BCUT2D eigenvalue weighted by atomic mass is 9.98. The maximum atomic E-state index is 12.8. The van der Waals surface area contributed by atoms with Gasteiger partial charge >= 0.3 is 5.91 Å². The second-order valence-corrected chi connectivity index (χ2v) is 7.67. The molecule has 2 N–H and O–H groups in total. The van der Waals surface area contributed by atoms with Crippen LogP contribution in [0.3, 0.4) is 0 Å². The van der Waals surface area contributed by atoms with Crippen LogP contribution in [0.2, 0.25) is 5.02 Å². The summed E-state index contributed by atoms with van der Waals surface area (Å²) in [6.07, 6.45) is 1.87. The summed E-state index contributed by atoms with van der Waals surface area (Å²) in [6.45, 7) is 2.01. The Bertz CT molecular complexity index is 1090. The van der Waals surface area contributed by atoms with Crippen molar-refractivity contribution in [1.82, 2.24) is 10.7 Å². The summed E-state index contributed by atoms with van der Waals surface area (Å²) in [5.41, 5.74) is 6.32. The molecule has 3 aromatic rings. The van der Waals surface area contributed by atoms with Crippen molar-refractivity contribution >= 4 is 29.6 Å². The largest absolute Gasteiger partial charge is 0.334 e.